The average molecular weight is 228 g/mol. The fraction of sp³-hybridized carbons (Fsp3) is 0.917. The van der Waals surface area contributed by atoms with Crippen LogP contribution in [0.25, 0.3) is 0 Å². The molecule has 3 atom stereocenters. The van der Waals surface area contributed by atoms with E-state index in [-0.39, 0.29) is 12.5 Å². The number of amides is 1. The summed E-state index contributed by atoms with van der Waals surface area (Å²) in [4.78, 5) is 11.5. The lowest BCUT2D eigenvalue weighted by molar-refractivity contribution is -0.122. The fourth-order valence-electron chi connectivity index (χ4n) is 2.34. The van der Waals surface area contributed by atoms with E-state index < -0.39 is 6.04 Å². The predicted octanol–water partition coefficient (Wildman–Crippen LogP) is 0.639. The van der Waals surface area contributed by atoms with Crippen LogP contribution < -0.4 is 11.1 Å². The van der Waals surface area contributed by atoms with Crippen molar-refractivity contribution in [2.75, 3.05) is 13.2 Å². The Labute approximate surface area is 97.6 Å². The van der Waals surface area contributed by atoms with Crippen LogP contribution in [0.3, 0.4) is 0 Å². The molecule has 4 nitrogen and oxygen atoms in total. The lowest BCUT2D eigenvalue weighted by Crippen LogP contribution is -2.43. The Bertz CT molecular complexity index is 221. The summed E-state index contributed by atoms with van der Waals surface area (Å²) in [5.74, 6) is 0.712. The predicted molar refractivity (Wildman–Crippen MR) is 63.8 cm³/mol. The Kier molecular flexibility index (Phi) is 5.77. The van der Waals surface area contributed by atoms with Crippen molar-refractivity contribution < 1.29 is 9.90 Å². The number of rotatable bonds is 5. The van der Waals surface area contributed by atoms with Crippen LogP contribution in [0.5, 0.6) is 0 Å². The van der Waals surface area contributed by atoms with Crippen molar-refractivity contribution in [3.05, 3.63) is 0 Å². The molecule has 0 radical (unpaired) electrons. The van der Waals surface area contributed by atoms with Crippen LogP contribution in [0, 0.1) is 11.8 Å². The summed E-state index contributed by atoms with van der Waals surface area (Å²) >= 11 is 0. The van der Waals surface area contributed by atoms with Gasteiger partial charge in [-0.25, -0.2) is 0 Å². The Hall–Kier alpha value is -0.610. The molecule has 0 saturated heterocycles. The largest absolute Gasteiger partial charge is 0.396 e. The number of nitrogens with one attached hydrogen (secondary N) is 1. The second-order valence-electron chi connectivity index (χ2n) is 4.75. The van der Waals surface area contributed by atoms with E-state index in [9.17, 15) is 9.90 Å². The van der Waals surface area contributed by atoms with Crippen molar-refractivity contribution in [1.82, 2.24) is 5.32 Å². The van der Waals surface area contributed by atoms with E-state index in [2.05, 4.69) is 5.32 Å². The van der Waals surface area contributed by atoms with Gasteiger partial charge in [0, 0.05) is 13.2 Å². The molecule has 1 saturated carbocycles. The third kappa shape index (κ3) is 3.76. The van der Waals surface area contributed by atoms with Crippen LogP contribution in [-0.2, 0) is 4.79 Å². The zero-order chi connectivity index (χ0) is 12.0. The molecule has 0 bridgehead atoms. The SMILES string of the molecule is CCC(N)C(=O)NCC1CCCCC1CO. The second kappa shape index (κ2) is 6.86. The standard InChI is InChI=1S/C12H24N2O2/c1-2-11(13)12(16)14-7-9-5-3-4-6-10(9)8-15/h9-11,15H,2-8,13H2,1H3,(H,14,16). The molecule has 0 spiro atoms. The Morgan fingerprint density at radius 3 is 2.62 bits per heavy atom. The highest BCUT2D eigenvalue weighted by atomic mass is 16.3. The molecule has 1 amide bonds. The molecule has 0 aliphatic heterocycles. The van der Waals surface area contributed by atoms with Gasteiger partial charge in [0.05, 0.1) is 6.04 Å². The molecule has 0 aromatic heterocycles. The molecule has 0 heterocycles. The van der Waals surface area contributed by atoms with Crippen molar-refractivity contribution in [3.63, 3.8) is 0 Å². The van der Waals surface area contributed by atoms with E-state index in [1.54, 1.807) is 0 Å². The fourth-order valence-corrected chi connectivity index (χ4v) is 2.34. The van der Waals surface area contributed by atoms with Crippen LogP contribution >= 0.6 is 0 Å². The lowest BCUT2D eigenvalue weighted by Gasteiger charge is -2.30. The minimum Gasteiger partial charge on any atom is -0.396 e. The first kappa shape index (κ1) is 13.5. The normalized spacial score (nSPS) is 27.4. The number of carbonyl (C=O) groups is 1. The molecule has 4 heteroatoms. The molecule has 94 valence electrons. The highest BCUT2D eigenvalue weighted by molar-refractivity contribution is 5.81. The maximum absolute atomic E-state index is 11.5. The molecule has 0 aromatic carbocycles. The lowest BCUT2D eigenvalue weighted by atomic mass is 9.79. The van der Waals surface area contributed by atoms with Gasteiger partial charge in [0.25, 0.3) is 0 Å². The van der Waals surface area contributed by atoms with Crippen molar-refractivity contribution in [3.8, 4) is 0 Å². The Morgan fingerprint density at radius 2 is 2.06 bits per heavy atom. The van der Waals surface area contributed by atoms with E-state index in [0.717, 1.165) is 12.8 Å². The van der Waals surface area contributed by atoms with E-state index in [0.29, 0.717) is 24.8 Å². The van der Waals surface area contributed by atoms with Crippen LogP contribution in [0.15, 0.2) is 0 Å². The van der Waals surface area contributed by atoms with E-state index >= 15 is 0 Å². The molecule has 1 aliphatic rings. The Balaban J connectivity index is 2.32. The molecular formula is C12H24N2O2. The van der Waals surface area contributed by atoms with Crippen molar-refractivity contribution in [2.24, 2.45) is 17.6 Å². The Morgan fingerprint density at radius 1 is 1.44 bits per heavy atom. The van der Waals surface area contributed by atoms with Gasteiger partial charge in [-0.05, 0) is 31.1 Å². The summed E-state index contributed by atoms with van der Waals surface area (Å²) in [6.07, 6.45) is 5.25. The van der Waals surface area contributed by atoms with Crippen LogP contribution in [-0.4, -0.2) is 30.2 Å². The van der Waals surface area contributed by atoms with Crippen LogP contribution in [0.1, 0.15) is 39.0 Å². The number of hydrogen-bond donors (Lipinski definition) is 3. The molecule has 1 aliphatic carbocycles. The number of carbonyl (C=O) groups excluding carboxylic acids is 1. The smallest absolute Gasteiger partial charge is 0.236 e. The summed E-state index contributed by atoms with van der Waals surface area (Å²) < 4.78 is 0. The van der Waals surface area contributed by atoms with Gasteiger partial charge < -0.3 is 16.2 Å². The molecule has 1 fully saturated rings. The first-order valence-corrected chi connectivity index (χ1v) is 6.33. The summed E-state index contributed by atoms with van der Waals surface area (Å²) in [7, 11) is 0. The van der Waals surface area contributed by atoms with Crippen molar-refractivity contribution in [2.45, 2.75) is 45.1 Å². The van der Waals surface area contributed by atoms with Crippen molar-refractivity contribution >= 4 is 5.91 Å². The molecule has 4 N–H and O–H groups in total. The van der Waals surface area contributed by atoms with Gasteiger partial charge in [0.1, 0.15) is 0 Å². The number of aliphatic hydroxyl groups is 1. The first-order valence-electron chi connectivity index (χ1n) is 6.33. The monoisotopic (exact) mass is 228 g/mol. The maximum atomic E-state index is 11.5. The van der Waals surface area contributed by atoms with Gasteiger partial charge in [-0.2, -0.15) is 0 Å². The van der Waals surface area contributed by atoms with Crippen LogP contribution in [0.4, 0.5) is 0 Å². The summed E-state index contributed by atoms with van der Waals surface area (Å²) in [5, 5.41) is 12.1. The third-order valence-electron chi connectivity index (χ3n) is 3.62. The van der Waals surface area contributed by atoms with E-state index in [1.165, 1.54) is 12.8 Å². The topological polar surface area (TPSA) is 75.4 Å². The average Bonchev–Trinajstić information content (AvgIpc) is 2.35. The molecule has 1 rings (SSSR count). The minimum absolute atomic E-state index is 0.0650. The minimum atomic E-state index is -0.392. The van der Waals surface area contributed by atoms with Crippen molar-refractivity contribution in [1.29, 1.82) is 0 Å². The summed E-state index contributed by atoms with van der Waals surface area (Å²) in [5.41, 5.74) is 5.64. The zero-order valence-corrected chi connectivity index (χ0v) is 10.1. The first-order chi connectivity index (χ1) is 7.69. The third-order valence-corrected chi connectivity index (χ3v) is 3.62. The van der Waals surface area contributed by atoms with Gasteiger partial charge in [-0.15, -0.1) is 0 Å². The van der Waals surface area contributed by atoms with Gasteiger partial charge in [-0.3, -0.25) is 4.79 Å². The quantitative estimate of drug-likeness (QED) is 0.646. The van der Waals surface area contributed by atoms with Gasteiger partial charge in [-0.1, -0.05) is 19.8 Å². The van der Waals surface area contributed by atoms with Gasteiger partial charge >= 0.3 is 0 Å². The number of aliphatic hydroxyl groups excluding tert-OH is 1. The van der Waals surface area contributed by atoms with Crippen LogP contribution in [0.2, 0.25) is 0 Å². The van der Waals surface area contributed by atoms with E-state index in [4.69, 9.17) is 5.73 Å². The second-order valence-corrected chi connectivity index (χ2v) is 4.75. The highest BCUT2D eigenvalue weighted by Crippen LogP contribution is 2.28. The van der Waals surface area contributed by atoms with Gasteiger partial charge in [0.15, 0.2) is 0 Å². The summed E-state index contributed by atoms with van der Waals surface area (Å²) in [6, 6.07) is -0.392. The van der Waals surface area contributed by atoms with Gasteiger partial charge in [0.2, 0.25) is 5.91 Å². The molecular weight excluding hydrogens is 204 g/mol. The maximum Gasteiger partial charge on any atom is 0.236 e. The summed E-state index contributed by atoms with van der Waals surface area (Å²) in [6.45, 7) is 2.81. The number of nitrogens with two attached hydrogens (primary N) is 1. The zero-order valence-electron chi connectivity index (χ0n) is 10.1. The van der Waals surface area contributed by atoms with E-state index in [1.807, 2.05) is 6.92 Å². The number of hydrogen-bond acceptors (Lipinski definition) is 3. The molecule has 3 unspecified atom stereocenters. The highest BCUT2D eigenvalue weighted by Gasteiger charge is 2.25. The molecule has 16 heavy (non-hydrogen) atoms. The molecule has 0 aromatic rings.